The summed E-state index contributed by atoms with van der Waals surface area (Å²) >= 11 is 0. The molecular formula is C17H20O. The van der Waals surface area contributed by atoms with Crippen LogP contribution >= 0.6 is 0 Å². The second-order valence-electron chi connectivity index (χ2n) is 4.55. The lowest BCUT2D eigenvalue weighted by Gasteiger charge is -2.03. The summed E-state index contributed by atoms with van der Waals surface area (Å²) in [4.78, 5) is 0. The van der Waals surface area contributed by atoms with Crippen molar-refractivity contribution in [3.8, 4) is 11.8 Å². The molecule has 1 aromatic rings. The van der Waals surface area contributed by atoms with E-state index in [-0.39, 0.29) is 0 Å². The summed E-state index contributed by atoms with van der Waals surface area (Å²) in [6, 6.07) is 8.13. The van der Waals surface area contributed by atoms with E-state index in [0.29, 0.717) is 13.2 Å². The fraction of sp³-hybridized carbons (Fsp3) is 0.294. The second-order valence-corrected chi connectivity index (χ2v) is 4.55. The van der Waals surface area contributed by atoms with E-state index in [2.05, 4.69) is 44.1 Å². The zero-order chi connectivity index (χ0) is 13.4. The van der Waals surface area contributed by atoms with Gasteiger partial charge in [0.1, 0.15) is 6.61 Å². The first-order chi connectivity index (χ1) is 8.58. The van der Waals surface area contributed by atoms with E-state index in [1.54, 1.807) is 0 Å². The second kappa shape index (κ2) is 7.53. The lowest BCUT2D eigenvalue weighted by atomic mass is 10.1. The average molecular weight is 240 g/mol. The first kappa shape index (κ1) is 14.3. The van der Waals surface area contributed by atoms with E-state index in [4.69, 9.17) is 4.74 Å². The molecule has 1 rings (SSSR count). The largest absolute Gasteiger partial charge is 0.364 e. The third kappa shape index (κ3) is 6.08. The van der Waals surface area contributed by atoms with Crippen LogP contribution in [-0.4, -0.2) is 13.2 Å². The van der Waals surface area contributed by atoms with Crippen LogP contribution in [0.5, 0.6) is 0 Å². The summed E-state index contributed by atoms with van der Waals surface area (Å²) in [5.41, 5.74) is 4.39. The van der Waals surface area contributed by atoms with Gasteiger partial charge in [-0.3, -0.25) is 0 Å². The van der Waals surface area contributed by atoms with E-state index in [9.17, 15) is 0 Å². The molecule has 0 saturated heterocycles. The molecule has 0 fully saturated rings. The van der Waals surface area contributed by atoms with Gasteiger partial charge in [0.25, 0.3) is 0 Å². The Morgan fingerprint density at radius 1 is 1.33 bits per heavy atom. The molecule has 0 aliphatic heterocycles. The van der Waals surface area contributed by atoms with E-state index in [1.165, 1.54) is 5.56 Å². The van der Waals surface area contributed by atoms with Crippen LogP contribution in [0.2, 0.25) is 0 Å². The maximum Gasteiger partial charge on any atom is 0.108 e. The molecule has 0 aliphatic carbocycles. The van der Waals surface area contributed by atoms with Gasteiger partial charge in [0, 0.05) is 5.56 Å². The minimum absolute atomic E-state index is 0.434. The number of aryl methyl sites for hydroxylation is 1. The normalized spacial score (nSPS) is 9.44. The van der Waals surface area contributed by atoms with Crippen molar-refractivity contribution >= 4 is 0 Å². The number of hydrogen-bond donors (Lipinski definition) is 0. The molecule has 0 aromatic heterocycles. The lowest BCUT2D eigenvalue weighted by Crippen LogP contribution is -1.98. The average Bonchev–Trinajstić information content (AvgIpc) is 2.27. The highest BCUT2D eigenvalue weighted by Gasteiger charge is 1.94. The Balaban J connectivity index is 2.30. The SMILES string of the molecule is C=C(C)CC(=C)COCC#Cc1cccc(C)c1. The van der Waals surface area contributed by atoms with Crippen molar-refractivity contribution in [2.24, 2.45) is 0 Å². The van der Waals surface area contributed by atoms with Crippen LogP contribution < -0.4 is 0 Å². The lowest BCUT2D eigenvalue weighted by molar-refractivity contribution is 0.191. The van der Waals surface area contributed by atoms with Gasteiger partial charge in [-0.05, 0) is 43.5 Å². The number of hydrogen-bond acceptors (Lipinski definition) is 1. The van der Waals surface area contributed by atoms with Crippen molar-refractivity contribution in [1.29, 1.82) is 0 Å². The van der Waals surface area contributed by atoms with E-state index in [0.717, 1.165) is 23.1 Å². The van der Waals surface area contributed by atoms with Gasteiger partial charge in [0.05, 0.1) is 6.61 Å². The smallest absolute Gasteiger partial charge is 0.108 e. The Bertz CT molecular complexity index is 486. The van der Waals surface area contributed by atoms with Crippen molar-refractivity contribution < 1.29 is 4.74 Å². The van der Waals surface area contributed by atoms with Gasteiger partial charge in [-0.25, -0.2) is 0 Å². The molecule has 0 bridgehead atoms. The molecule has 0 heterocycles. The van der Waals surface area contributed by atoms with Gasteiger partial charge < -0.3 is 4.74 Å². The van der Waals surface area contributed by atoms with Gasteiger partial charge >= 0.3 is 0 Å². The summed E-state index contributed by atoms with van der Waals surface area (Å²) in [7, 11) is 0. The van der Waals surface area contributed by atoms with Gasteiger partial charge in [-0.2, -0.15) is 0 Å². The fourth-order valence-electron chi connectivity index (χ4n) is 1.59. The van der Waals surface area contributed by atoms with Crippen LogP contribution in [0.15, 0.2) is 48.6 Å². The molecule has 94 valence electrons. The molecule has 1 aromatic carbocycles. The molecule has 1 nitrogen and oxygen atoms in total. The maximum absolute atomic E-state index is 5.43. The number of allylic oxidation sites excluding steroid dienone is 1. The van der Waals surface area contributed by atoms with Crippen LogP contribution in [0.25, 0.3) is 0 Å². The molecule has 1 heteroatoms. The van der Waals surface area contributed by atoms with Gasteiger partial charge in [-0.1, -0.05) is 42.7 Å². The minimum Gasteiger partial charge on any atom is -0.364 e. The topological polar surface area (TPSA) is 9.23 Å². The summed E-state index contributed by atoms with van der Waals surface area (Å²) in [5, 5.41) is 0. The van der Waals surface area contributed by atoms with Gasteiger partial charge in [-0.15, -0.1) is 0 Å². The molecule has 0 atom stereocenters. The van der Waals surface area contributed by atoms with Crippen LogP contribution in [0, 0.1) is 18.8 Å². The molecule has 0 aliphatic rings. The molecule has 0 spiro atoms. The van der Waals surface area contributed by atoms with E-state index >= 15 is 0 Å². The minimum atomic E-state index is 0.434. The summed E-state index contributed by atoms with van der Waals surface area (Å²) < 4.78 is 5.43. The predicted molar refractivity (Wildman–Crippen MR) is 77.4 cm³/mol. The highest BCUT2D eigenvalue weighted by atomic mass is 16.5. The van der Waals surface area contributed by atoms with Crippen molar-refractivity contribution in [1.82, 2.24) is 0 Å². The van der Waals surface area contributed by atoms with Crippen molar-refractivity contribution in [3.05, 3.63) is 59.7 Å². The molecule has 0 saturated carbocycles. The molecule has 0 radical (unpaired) electrons. The van der Waals surface area contributed by atoms with Crippen LogP contribution in [0.4, 0.5) is 0 Å². The summed E-state index contributed by atoms with van der Waals surface area (Å²) in [5.74, 6) is 6.08. The standard InChI is InChI=1S/C17H20O/c1-14(2)11-16(4)13-18-10-6-9-17-8-5-7-15(3)12-17/h5,7-8,12H,1,4,10-11,13H2,2-3H3. The monoisotopic (exact) mass is 240 g/mol. The van der Waals surface area contributed by atoms with Crippen molar-refractivity contribution in [3.63, 3.8) is 0 Å². The Labute approximate surface area is 110 Å². The Morgan fingerprint density at radius 2 is 2.11 bits per heavy atom. The summed E-state index contributed by atoms with van der Waals surface area (Å²) in [6.45, 7) is 12.8. The molecule has 0 amide bonds. The highest BCUT2D eigenvalue weighted by Crippen LogP contribution is 2.06. The molecular weight excluding hydrogens is 220 g/mol. The third-order valence-corrected chi connectivity index (χ3v) is 2.28. The Hall–Kier alpha value is -1.78. The van der Waals surface area contributed by atoms with Crippen LogP contribution in [0.3, 0.4) is 0 Å². The van der Waals surface area contributed by atoms with Crippen molar-refractivity contribution in [2.45, 2.75) is 20.3 Å². The van der Waals surface area contributed by atoms with Gasteiger partial charge in [0.15, 0.2) is 0 Å². The Kier molecular flexibility index (Phi) is 5.97. The third-order valence-electron chi connectivity index (χ3n) is 2.28. The molecule has 0 unspecified atom stereocenters. The number of benzene rings is 1. The van der Waals surface area contributed by atoms with Crippen LogP contribution in [-0.2, 0) is 4.74 Å². The van der Waals surface area contributed by atoms with E-state index in [1.807, 2.05) is 19.1 Å². The highest BCUT2D eigenvalue weighted by molar-refractivity contribution is 5.36. The van der Waals surface area contributed by atoms with Crippen molar-refractivity contribution in [2.75, 3.05) is 13.2 Å². The summed E-state index contributed by atoms with van der Waals surface area (Å²) in [6.07, 6.45) is 0.825. The van der Waals surface area contributed by atoms with Gasteiger partial charge in [0.2, 0.25) is 0 Å². The Morgan fingerprint density at radius 3 is 2.78 bits per heavy atom. The quantitative estimate of drug-likeness (QED) is 0.431. The number of rotatable bonds is 5. The molecule has 18 heavy (non-hydrogen) atoms. The molecule has 0 N–H and O–H groups in total. The van der Waals surface area contributed by atoms with Crippen LogP contribution in [0.1, 0.15) is 24.5 Å². The van der Waals surface area contributed by atoms with E-state index < -0.39 is 0 Å². The number of ether oxygens (including phenoxy) is 1. The first-order valence-electron chi connectivity index (χ1n) is 6.02. The zero-order valence-corrected chi connectivity index (χ0v) is 11.3. The maximum atomic E-state index is 5.43. The first-order valence-corrected chi connectivity index (χ1v) is 6.02. The zero-order valence-electron chi connectivity index (χ0n) is 11.3. The fourth-order valence-corrected chi connectivity index (χ4v) is 1.59. The predicted octanol–water partition coefficient (Wildman–Crippen LogP) is 3.89.